The smallest absolute Gasteiger partial charge is 0.119 e. The quantitative estimate of drug-likeness (QED) is 0.832. The third-order valence-corrected chi connectivity index (χ3v) is 4.14. The molecule has 0 amide bonds. The molecule has 0 unspecified atom stereocenters. The first-order chi connectivity index (χ1) is 10.2. The van der Waals surface area contributed by atoms with Crippen LogP contribution in [-0.2, 0) is 6.54 Å². The minimum absolute atomic E-state index is 0.566. The van der Waals surface area contributed by atoms with Gasteiger partial charge in [-0.15, -0.1) is 0 Å². The zero-order valence-corrected chi connectivity index (χ0v) is 13.4. The van der Waals surface area contributed by atoms with Crippen molar-refractivity contribution in [3.05, 3.63) is 29.8 Å². The number of ether oxygens (including phenoxy) is 1. The van der Waals surface area contributed by atoms with Gasteiger partial charge in [0.15, 0.2) is 0 Å². The van der Waals surface area contributed by atoms with E-state index in [0.717, 1.165) is 30.4 Å². The van der Waals surface area contributed by atoms with Crippen molar-refractivity contribution in [3.8, 4) is 5.75 Å². The standard InChI is InChI=1S/C17H29N3O/c1-19(2)14-15-6-8-20(9-7-15)10-11-21-17-5-3-4-16(12-17)13-18/h3-5,12,15H,6-11,13-14,18H2,1-2H3. The molecule has 0 atom stereocenters. The van der Waals surface area contributed by atoms with Crippen LogP contribution in [0.1, 0.15) is 18.4 Å². The molecule has 2 rings (SSSR count). The number of likely N-dealkylation sites (tertiary alicyclic amines) is 1. The van der Waals surface area contributed by atoms with Gasteiger partial charge in [0, 0.05) is 19.6 Å². The highest BCUT2D eigenvalue weighted by atomic mass is 16.5. The molecule has 1 fully saturated rings. The lowest BCUT2D eigenvalue weighted by Gasteiger charge is -2.33. The molecule has 1 aliphatic rings. The summed E-state index contributed by atoms with van der Waals surface area (Å²) in [4.78, 5) is 4.81. The van der Waals surface area contributed by atoms with E-state index in [-0.39, 0.29) is 0 Å². The van der Waals surface area contributed by atoms with Crippen LogP contribution in [0.25, 0.3) is 0 Å². The van der Waals surface area contributed by atoms with Crippen molar-refractivity contribution in [1.82, 2.24) is 9.80 Å². The van der Waals surface area contributed by atoms with Gasteiger partial charge >= 0.3 is 0 Å². The Bertz CT molecular complexity index is 414. The molecule has 2 N–H and O–H groups in total. The van der Waals surface area contributed by atoms with Gasteiger partial charge in [-0.3, -0.25) is 4.90 Å². The monoisotopic (exact) mass is 291 g/mol. The molecule has 1 aromatic rings. The zero-order chi connectivity index (χ0) is 15.1. The van der Waals surface area contributed by atoms with Crippen LogP contribution in [0.4, 0.5) is 0 Å². The summed E-state index contributed by atoms with van der Waals surface area (Å²) in [6, 6.07) is 8.07. The van der Waals surface area contributed by atoms with Gasteiger partial charge in [0.2, 0.25) is 0 Å². The summed E-state index contributed by atoms with van der Waals surface area (Å²) in [5.74, 6) is 1.79. The Morgan fingerprint density at radius 1 is 1.29 bits per heavy atom. The van der Waals surface area contributed by atoms with Gasteiger partial charge in [0.1, 0.15) is 12.4 Å². The summed E-state index contributed by atoms with van der Waals surface area (Å²) in [6.07, 6.45) is 2.61. The number of benzene rings is 1. The van der Waals surface area contributed by atoms with Crippen LogP contribution >= 0.6 is 0 Å². The number of nitrogens with two attached hydrogens (primary N) is 1. The van der Waals surface area contributed by atoms with Gasteiger partial charge < -0.3 is 15.4 Å². The van der Waals surface area contributed by atoms with E-state index < -0.39 is 0 Å². The van der Waals surface area contributed by atoms with Gasteiger partial charge in [0.05, 0.1) is 0 Å². The molecule has 0 aromatic heterocycles. The summed E-state index contributed by atoms with van der Waals surface area (Å²) in [6.45, 7) is 5.95. The fraction of sp³-hybridized carbons (Fsp3) is 0.647. The number of hydrogen-bond donors (Lipinski definition) is 1. The summed E-state index contributed by atoms with van der Waals surface area (Å²) < 4.78 is 5.84. The minimum atomic E-state index is 0.566. The highest BCUT2D eigenvalue weighted by Crippen LogP contribution is 2.18. The summed E-state index contributed by atoms with van der Waals surface area (Å²) >= 11 is 0. The molecule has 0 radical (unpaired) electrons. The first-order valence-electron chi connectivity index (χ1n) is 7.96. The molecule has 0 aliphatic carbocycles. The van der Waals surface area contributed by atoms with Gasteiger partial charge in [-0.2, -0.15) is 0 Å². The van der Waals surface area contributed by atoms with Crippen LogP contribution in [0.2, 0.25) is 0 Å². The molecular weight excluding hydrogens is 262 g/mol. The van der Waals surface area contributed by atoms with Crippen LogP contribution in [0, 0.1) is 5.92 Å². The first-order valence-corrected chi connectivity index (χ1v) is 7.96. The molecular formula is C17H29N3O. The number of nitrogens with zero attached hydrogens (tertiary/aromatic N) is 2. The highest BCUT2D eigenvalue weighted by Gasteiger charge is 2.19. The molecule has 1 aliphatic heterocycles. The molecule has 0 spiro atoms. The first kappa shape index (κ1) is 16.3. The van der Waals surface area contributed by atoms with E-state index in [4.69, 9.17) is 10.5 Å². The molecule has 21 heavy (non-hydrogen) atoms. The van der Waals surface area contributed by atoms with Crippen molar-refractivity contribution in [1.29, 1.82) is 0 Å². The second-order valence-corrected chi connectivity index (χ2v) is 6.25. The number of hydrogen-bond acceptors (Lipinski definition) is 4. The van der Waals surface area contributed by atoms with Crippen LogP contribution in [0.5, 0.6) is 5.75 Å². The number of rotatable bonds is 7. The molecule has 1 aromatic carbocycles. The molecule has 0 saturated carbocycles. The highest BCUT2D eigenvalue weighted by molar-refractivity contribution is 5.28. The lowest BCUT2D eigenvalue weighted by atomic mass is 9.96. The Hall–Kier alpha value is -1.10. The largest absolute Gasteiger partial charge is 0.492 e. The lowest BCUT2D eigenvalue weighted by Crippen LogP contribution is -2.39. The predicted molar refractivity (Wildman–Crippen MR) is 87.5 cm³/mol. The number of piperidine rings is 1. The van der Waals surface area contributed by atoms with Crippen molar-refractivity contribution in [3.63, 3.8) is 0 Å². The van der Waals surface area contributed by atoms with E-state index in [1.807, 2.05) is 24.3 Å². The summed E-state index contributed by atoms with van der Waals surface area (Å²) in [7, 11) is 4.32. The fourth-order valence-electron chi connectivity index (χ4n) is 2.96. The second-order valence-electron chi connectivity index (χ2n) is 6.25. The molecule has 4 nitrogen and oxygen atoms in total. The van der Waals surface area contributed by atoms with E-state index in [2.05, 4.69) is 23.9 Å². The van der Waals surface area contributed by atoms with E-state index in [1.54, 1.807) is 0 Å². The SMILES string of the molecule is CN(C)CC1CCN(CCOc2cccc(CN)c2)CC1. The van der Waals surface area contributed by atoms with Crippen LogP contribution in [-0.4, -0.2) is 56.7 Å². The van der Waals surface area contributed by atoms with Crippen molar-refractivity contribution in [2.24, 2.45) is 11.7 Å². The maximum atomic E-state index is 5.84. The van der Waals surface area contributed by atoms with Gasteiger partial charge in [-0.05, 0) is 63.6 Å². The maximum absolute atomic E-state index is 5.84. The molecule has 4 heteroatoms. The van der Waals surface area contributed by atoms with E-state index >= 15 is 0 Å². The normalized spacial score (nSPS) is 17.3. The average molecular weight is 291 g/mol. The second kappa shape index (κ2) is 8.37. The van der Waals surface area contributed by atoms with Crippen molar-refractivity contribution >= 4 is 0 Å². The third-order valence-electron chi connectivity index (χ3n) is 4.14. The summed E-state index contributed by atoms with van der Waals surface area (Å²) in [5, 5.41) is 0. The molecule has 118 valence electrons. The average Bonchev–Trinajstić information content (AvgIpc) is 2.49. The van der Waals surface area contributed by atoms with E-state index in [1.165, 1.54) is 32.5 Å². The van der Waals surface area contributed by atoms with Gasteiger partial charge in [-0.25, -0.2) is 0 Å². The Morgan fingerprint density at radius 2 is 2.05 bits per heavy atom. The van der Waals surface area contributed by atoms with Crippen LogP contribution in [0.3, 0.4) is 0 Å². The Balaban J connectivity index is 1.65. The van der Waals surface area contributed by atoms with Crippen molar-refractivity contribution < 1.29 is 4.74 Å². The van der Waals surface area contributed by atoms with Crippen LogP contribution in [0.15, 0.2) is 24.3 Å². The van der Waals surface area contributed by atoms with E-state index in [0.29, 0.717) is 6.54 Å². The topological polar surface area (TPSA) is 41.7 Å². The third kappa shape index (κ3) is 5.65. The maximum Gasteiger partial charge on any atom is 0.119 e. The zero-order valence-electron chi connectivity index (χ0n) is 13.4. The van der Waals surface area contributed by atoms with Crippen molar-refractivity contribution in [2.45, 2.75) is 19.4 Å². The Labute approximate surface area is 128 Å². The lowest BCUT2D eigenvalue weighted by molar-refractivity contribution is 0.141. The van der Waals surface area contributed by atoms with Crippen LogP contribution < -0.4 is 10.5 Å². The molecule has 0 bridgehead atoms. The van der Waals surface area contributed by atoms with Gasteiger partial charge in [-0.1, -0.05) is 12.1 Å². The van der Waals surface area contributed by atoms with Crippen molar-refractivity contribution in [2.75, 3.05) is 46.9 Å². The van der Waals surface area contributed by atoms with E-state index in [9.17, 15) is 0 Å². The fourth-order valence-corrected chi connectivity index (χ4v) is 2.96. The molecule has 1 heterocycles. The Kier molecular flexibility index (Phi) is 6.49. The van der Waals surface area contributed by atoms with Gasteiger partial charge in [0.25, 0.3) is 0 Å². The minimum Gasteiger partial charge on any atom is -0.492 e. The summed E-state index contributed by atoms with van der Waals surface area (Å²) in [5.41, 5.74) is 6.77. The molecule has 1 saturated heterocycles. The predicted octanol–water partition coefficient (Wildman–Crippen LogP) is 1.80. The Morgan fingerprint density at radius 3 is 2.71 bits per heavy atom.